The second-order valence-corrected chi connectivity index (χ2v) is 4.77. The summed E-state index contributed by atoms with van der Waals surface area (Å²) in [5.41, 5.74) is 3.17. The molecule has 2 N–H and O–H groups in total. The summed E-state index contributed by atoms with van der Waals surface area (Å²) >= 11 is 0. The van der Waals surface area contributed by atoms with Crippen molar-refractivity contribution in [3.05, 3.63) is 29.3 Å². The second kappa shape index (κ2) is 7.48. The molecule has 0 aromatic heterocycles. The van der Waals surface area contributed by atoms with E-state index in [0.29, 0.717) is 13.0 Å². The van der Waals surface area contributed by atoms with E-state index in [2.05, 4.69) is 16.7 Å². The number of anilines is 1. The van der Waals surface area contributed by atoms with Crippen LogP contribution in [0.5, 0.6) is 0 Å². The summed E-state index contributed by atoms with van der Waals surface area (Å²) in [6.45, 7) is 6.35. The number of rotatable bonds is 3. The van der Waals surface area contributed by atoms with Crippen molar-refractivity contribution in [2.75, 3.05) is 25.0 Å². The maximum Gasteiger partial charge on any atom is 0.227 e. The van der Waals surface area contributed by atoms with Crippen molar-refractivity contribution in [3.63, 3.8) is 0 Å². The van der Waals surface area contributed by atoms with Crippen molar-refractivity contribution in [2.24, 2.45) is 0 Å². The first-order valence-electron chi connectivity index (χ1n) is 6.34. The van der Waals surface area contributed by atoms with Crippen LogP contribution in [0.25, 0.3) is 0 Å². The summed E-state index contributed by atoms with van der Waals surface area (Å²) < 4.78 is 5.51. The highest BCUT2D eigenvalue weighted by Gasteiger charge is 2.17. The first-order valence-corrected chi connectivity index (χ1v) is 6.34. The molecule has 1 atom stereocenters. The average Bonchev–Trinajstić information content (AvgIpc) is 2.34. The van der Waals surface area contributed by atoms with Crippen LogP contribution >= 0.6 is 12.4 Å². The van der Waals surface area contributed by atoms with Gasteiger partial charge in [0.1, 0.15) is 0 Å². The van der Waals surface area contributed by atoms with Crippen molar-refractivity contribution >= 4 is 24.0 Å². The number of hydrogen-bond donors (Lipinski definition) is 2. The van der Waals surface area contributed by atoms with Crippen molar-refractivity contribution in [1.29, 1.82) is 0 Å². The fraction of sp³-hybridized carbons (Fsp3) is 0.500. The van der Waals surface area contributed by atoms with Crippen LogP contribution < -0.4 is 10.6 Å². The molecule has 1 aromatic carbocycles. The van der Waals surface area contributed by atoms with Gasteiger partial charge in [-0.3, -0.25) is 4.79 Å². The Morgan fingerprint density at radius 1 is 1.47 bits per heavy atom. The molecular formula is C14H21ClN2O2. The van der Waals surface area contributed by atoms with Gasteiger partial charge >= 0.3 is 0 Å². The van der Waals surface area contributed by atoms with E-state index in [0.717, 1.165) is 24.3 Å². The van der Waals surface area contributed by atoms with Crippen LogP contribution in [0.4, 0.5) is 5.69 Å². The highest BCUT2D eigenvalue weighted by atomic mass is 35.5. The minimum absolute atomic E-state index is 0. The molecule has 1 aliphatic rings. The summed E-state index contributed by atoms with van der Waals surface area (Å²) in [5.74, 6) is 0.00986. The number of aryl methyl sites for hydroxylation is 2. The molecule has 1 amide bonds. The fourth-order valence-electron chi connectivity index (χ4n) is 2.11. The number of halogens is 1. The summed E-state index contributed by atoms with van der Waals surface area (Å²) in [6, 6.07) is 6.01. The lowest BCUT2D eigenvalue weighted by molar-refractivity contribution is -0.119. The van der Waals surface area contributed by atoms with Gasteiger partial charge in [-0.15, -0.1) is 12.4 Å². The molecule has 106 valence electrons. The maximum absolute atomic E-state index is 11.9. The molecule has 0 aliphatic carbocycles. The van der Waals surface area contributed by atoms with E-state index >= 15 is 0 Å². The quantitative estimate of drug-likeness (QED) is 0.893. The van der Waals surface area contributed by atoms with E-state index < -0.39 is 0 Å². The van der Waals surface area contributed by atoms with Gasteiger partial charge in [0.05, 0.1) is 19.1 Å². The maximum atomic E-state index is 11.9. The molecular weight excluding hydrogens is 264 g/mol. The van der Waals surface area contributed by atoms with Gasteiger partial charge in [-0.1, -0.05) is 17.7 Å². The lowest BCUT2D eigenvalue weighted by Crippen LogP contribution is -2.40. The van der Waals surface area contributed by atoms with Crippen LogP contribution in [0.2, 0.25) is 0 Å². The van der Waals surface area contributed by atoms with Crippen LogP contribution in [0.15, 0.2) is 18.2 Å². The van der Waals surface area contributed by atoms with E-state index in [1.807, 2.05) is 26.0 Å². The van der Waals surface area contributed by atoms with E-state index in [1.165, 1.54) is 5.56 Å². The van der Waals surface area contributed by atoms with E-state index in [9.17, 15) is 4.79 Å². The lowest BCUT2D eigenvalue weighted by atomic mass is 10.1. The normalized spacial score (nSPS) is 18.5. The molecule has 0 spiro atoms. The molecule has 1 unspecified atom stereocenters. The van der Waals surface area contributed by atoms with Gasteiger partial charge in [-0.25, -0.2) is 0 Å². The fourth-order valence-corrected chi connectivity index (χ4v) is 2.11. The molecule has 1 aromatic rings. The number of morpholine rings is 1. The zero-order valence-corrected chi connectivity index (χ0v) is 12.2. The van der Waals surface area contributed by atoms with Gasteiger partial charge in [0.2, 0.25) is 5.91 Å². The molecule has 4 nitrogen and oxygen atoms in total. The highest BCUT2D eigenvalue weighted by Crippen LogP contribution is 2.16. The molecule has 1 aliphatic heterocycles. The first kappa shape index (κ1) is 16.0. The molecule has 1 fully saturated rings. The SMILES string of the molecule is Cc1ccc(NC(=O)CC2CNCCO2)c(C)c1.Cl. The molecule has 0 radical (unpaired) electrons. The molecule has 5 heteroatoms. The smallest absolute Gasteiger partial charge is 0.227 e. The zero-order chi connectivity index (χ0) is 13.0. The monoisotopic (exact) mass is 284 g/mol. The second-order valence-electron chi connectivity index (χ2n) is 4.77. The number of amides is 1. The van der Waals surface area contributed by atoms with Gasteiger partial charge in [0, 0.05) is 18.8 Å². The summed E-state index contributed by atoms with van der Waals surface area (Å²) in [5, 5.41) is 6.16. The number of carbonyl (C=O) groups is 1. The molecule has 1 saturated heterocycles. The van der Waals surface area contributed by atoms with Crippen molar-refractivity contribution < 1.29 is 9.53 Å². The van der Waals surface area contributed by atoms with Crippen LogP contribution in [-0.4, -0.2) is 31.7 Å². The minimum atomic E-state index is -0.00972. The predicted octanol–water partition coefficient (Wildman–Crippen LogP) is 2.04. The Hall–Kier alpha value is -1.10. The molecule has 19 heavy (non-hydrogen) atoms. The number of nitrogens with one attached hydrogen (secondary N) is 2. The highest BCUT2D eigenvalue weighted by molar-refractivity contribution is 5.91. The molecule has 1 heterocycles. The van der Waals surface area contributed by atoms with Crippen LogP contribution in [0, 0.1) is 13.8 Å². The molecule has 0 saturated carbocycles. The van der Waals surface area contributed by atoms with Crippen LogP contribution in [0.3, 0.4) is 0 Å². The largest absolute Gasteiger partial charge is 0.375 e. The number of hydrogen-bond acceptors (Lipinski definition) is 3. The van der Waals surface area contributed by atoms with E-state index in [1.54, 1.807) is 0 Å². The predicted molar refractivity (Wildman–Crippen MR) is 79.0 cm³/mol. The van der Waals surface area contributed by atoms with Crippen LogP contribution in [0.1, 0.15) is 17.5 Å². The number of ether oxygens (including phenoxy) is 1. The standard InChI is InChI=1S/C14H20N2O2.ClH/c1-10-3-4-13(11(2)7-10)16-14(17)8-12-9-15-5-6-18-12;/h3-4,7,12,15H,5-6,8-9H2,1-2H3,(H,16,17);1H. The van der Waals surface area contributed by atoms with E-state index in [-0.39, 0.29) is 24.4 Å². The van der Waals surface area contributed by atoms with E-state index in [4.69, 9.17) is 4.74 Å². The van der Waals surface area contributed by atoms with Crippen molar-refractivity contribution in [3.8, 4) is 0 Å². The average molecular weight is 285 g/mol. The van der Waals surface area contributed by atoms with Gasteiger partial charge in [0.25, 0.3) is 0 Å². The first-order chi connectivity index (χ1) is 8.65. The number of benzene rings is 1. The van der Waals surface area contributed by atoms with Crippen LogP contribution in [-0.2, 0) is 9.53 Å². The molecule has 0 bridgehead atoms. The number of carbonyl (C=O) groups excluding carboxylic acids is 1. The Labute approximate surface area is 120 Å². The minimum Gasteiger partial charge on any atom is -0.375 e. The molecule has 2 rings (SSSR count). The summed E-state index contributed by atoms with van der Waals surface area (Å²) in [7, 11) is 0. The van der Waals surface area contributed by atoms with Crippen molar-refractivity contribution in [1.82, 2.24) is 5.32 Å². The third kappa shape index (κ3) is 4.82. The van der Waals surface area contributed by atoms with Gasteiger partial charge in [-0.05, 0) is 25.5 Å². The Morgan fingerprint density at radius 2 is 2.26 bits per heavy atom. The Morgan fingerprint density at radius 3 is 2.89 bits per heavy atom. The Balaban J connectivity index is 0.00000180. The summed E-state index contributed by atoms with van der Waals surface area (Å²) in [6.07, 6.45) is 0.393. The van der Waals surface area contributed by atoms with Gasteiger partial charge < -0.3 is 15.4 Å². The third-order valence-corrected chi connectivity index (χ3v) is 3.07. The topological polar surface area (TPSA) is 50.4 Å². The van der Waals surface area contributed by atoms with Gasteiger partial charge in [-0.2, -0.15) is 0 Å². The zero-order valence-electron chi connectivity index (χ0n) is 11.4. The Kier molecular flexibility index (Phi) is 6.28. The lowest BCUT2D eigenvalue weighted by Gasteiger charge is -2.23. The van der Waals surface area contributed by atoms with Crippen molar-refractivity contribution in [2.45, 2.75) is 26.4 Å². The summed E-state index contributed by atoms with van der Waals surface area (Å²) in [4.78, 5) is 11.9. The van der Waals surface area contributed by atoms with Gasteiger partial charge in [0.15, 0.2) is 0 Å². The third-order valence-electron chi connectivity index (χ3n) is 3.07. The Bertz CT molecular complexity index is 431.